The van der Waals surface area contributed by atoms with Gasteiger partial charge in [0, 0.05) is 6.04 Å². The van der Waals surface area contributed by atoms with Gasteiger partial charge in [0.25, 0.3) is 0 Å². The van der Waals surface area contributed by atoms with Gasteiger partial charge in [-0.25, -0.2) is 0 Å². The van der Waals surface area contributed by atoms with E-state index in [0.29, 0.717) is 16.1 Å². The molecule has 98 valence electrons. The van der Waals surface area contributed by atoms with E-state index in [9.17, 15) is 0 Å². The zero-order valence-corrected chi connectivity index (χ0v) is 12.2. The second kappa shape index (κ2) is 5.16. The van der Waals surface area contributed by atoms with E-state index in [2.05, 4.69) is 23.5 Å². The maximum atomic E-state index is 6.13. The number of benzene rings is 2. The minimum Gasteiger partial charge on any atom is -0.313 e. The first-order valence-corrected chi connectivity index (χ1v) is 7.21. The van der Waals surface area contributed by atoms with Gasteiger partial charge in [-0.3, -0.25) is 0 Å². The van der Waals surface area contributed by atoms with Crippen LogP contribution >= 0.6 is 23.2 Å². The van der Waals surface area contributed by atoms with Crippen molar-refractivity contribution in [2.45, 2.75) is 18.9 Å². The molecule has 0 saturated heterocycles. The van der Waals surface area contributed by atoms with Crippen molar-refractivity contribution in [3.8, 4) is 11.1 Å². The molecule has 2 aromatic rings. The van der Waals surface area contributed by atoms with Crippen molar-refractivity contribution in [3.63, 3.8) is 0 Å². The largest absolute Gasteiger partial charge is 0.313 e. The molecule has 0 amide bonds. The summed E-state index contributed by atoms with van der Waals surface area (Å²) in [6.45, 7) is 0. The van der Waals surface area contributed by atoms with E-state index in [0.717, 1.165) is 18.4 Å². The molecule has 0 bridgehead atoms. The lowest BCUT2D eigenvalue weighted by Crippen LogP contribution is -2.12. The monoisotopic (exact) mass is 291 g/mol. The van der Waals surface area contributed by atoms with Gasteiger partial charge in [-0.15, -0.1) is 0 Å². The Balaban J connectivity index is 2.11. The summed E-state index contributed by atoms with van der Waals surface area (Å²) in [6.07, 6.45) is 2.27. The van der Waals surface area contributed by atoms with Crippen molar-refractivity contribution >= 4 is 23.2 Å². The topological polar surface area (TPSA) is 12.0 Å². The van der Waals surface area contributed by atoms with Crippen LogP contribution in [-0.2, 0) is 6.42 Å². The standard InChI is InChI=1S/C16H15Cl2N/c1-19-16-8-6-12-11(3-2-4-13(12)16)10-5-7-14(17)15(18)9-10/h2-5,7,9,16,19H,6,8H2,1H3. The van der Waals surface area contributed by atoms with Crippen LogP contribution in [0, 0.1) is 0 Å². The van der Waals surface area contributed by atoms with Gasteiger partial charge in [0.15, 0.2) is 0 Å². The third-order valence-corrected chi connectivity index (χ3v) is 4.59. The third kappa shape index (κ3) is 2.27. The molecule has 3 heteroatoms. The van der Waals surface area contributed by atoms with Crippen molar-refractivity contribution in [2.24, 2.45) is 0 Å². The quantitative estimate of drug-likeness (QED) is 0.833. The van der Waals surface area contributed by atoms with Gasteiger partial charge in [-0.05, 0) is 54.3 Å². The Labute approximate surface area is 123 Å². The van der Waals surface area contributed by atoms with Gasteiger partial charge < -0.3 is 5.32 Å². The molecule has 0 aliphatic heterocycles. The molecule has 1 atom stereocenters. The van der Waals surface area contributed by atoms with Crippen molar-refractivity contribution in [2.75, 3.05) is 7.05 Å². The lowest BCUT2D eigenvalue weighted by Gasteiger charge is -2.12. The molecule has 1 aliphatic carbocycles. The second-order valence-corrected chi connectivity index (χ2v) is 5.70. The SMILES string of the molecule is CNC1CCc2c(-c3ccc(Cl)c(Cl)c3)cccc21. The number of rotatable bonds is 2. The highest BCUT2D eigenvalue weighted by atomic mass is 35.5. The predicted molar refractivity (Wildman–Crippen MR) is 82.0 cm³/mol. The van der Waals surface area contributed by atoms with Crippen LogP contribution in [0.5, 0.6) is 0 Å². The highest BCUT2D eigenvalue weighted by Gasteiger charge is 2.23. The molecule has 3 rings (SSSR count). The summed E-state index contributed by atoms with van der Waals surface area (Å²) in [5, 5.41) is 4.59. The normalized spacial score (nSPS) is 17.5. The molecule has 0 spiro atoms. The molecule has 1 aliphatic rings. The summed E-state index contributed by atoms with van der Waals surface area (Å²) >= 11 is 12.1. The molecule has 1 nitrogen and oxygen atoms in total. The average Bonchev–Trinajstić information content (AvgIpc) is 2.85. The summed E-state index contributed by atoms with van der Waals surface area (Å²) in [7, 11) is 2.02. The first-order valence-electron chi connectivity index (χ1n) is 6.45. The van der Waals surface area contributed by atoms with Gasteiger partial charge in [-0.1, -0.05) is 47.5 Å². The van der Waals surface area contributed by atoms with Crippen molar-refractivity contribution in [1.29, 1.82) is 0 Å². The van der Waals surface area contributed by atoms with E-state index in [-0.39, 0.29) is 0 Å². The Morgan fingerprint density at radius 2 is 1.95 bits per heavy atom. The van der Waals surface area contributed by atoms with Gasteiger partial charge in [0.1, 0.15) is 0 Å². The average molecular weight is 292 g/mol. The smallest absolute Gasteiger partial charge is 0.0598 e. The van der Waals surface area contributed by atoms with E-state index in [4.69, 9.17) is 23.2 Å². The van der Waals surface area contributed by atoms with Crippen LogP contribution in [0.25, 0.3) is 11.1 Å². The number of hydrogen-bond acceptors (Lipinski definition) is 1. The minimum absolute atomic E-state index is 0.470. The molecule has 0 aromatic heterocycles. The van der Waals surface area contributed by atoms with Crippen molar-refractivity contribution in [1.82, 2.24) is 5.32 Å². The maximum absolute atomic E-state index is 6.13. The highest BCUT2D eigenvalue weighted by molar-refractivity contribution is 6.42. The second-order valence-electron chi connectivity index (χ2n) is 4.88. The summed E-state index contributed by atoms with van der Waals surface area (Å²) in [5.74, 6) is 0. The van der Waals surface area contributed by atoms with Gasteiger partial charge >= 0.3 is 0 Å². The fraction of sp³-hybridized carbons (Fsp3) is 0.250. The highest BCUT2D eigenvalue weighted by Crippen LogP contribution is 2.38. The van der Waals surface area contributed by atoms with Crippen LogP contribution < -0.4 is 5.32 Å². The Morgan fingerprint density at radius 3 is 2.68 bits per heavy atom. The first kappa shape index (κ1) is 13.0. The summed E-state index contributed by atoms with van der Waals surface area (Å²) in [6, 6.07) is 12.8. The van der Waals surface area contributed by atoms with Crippen molar-refractivity contribution < 1.29 is 0 Å². The lowest BCUT2D eigenvalue weighted by atomic mass is 9.96. The van der Waals surface area contributed by atoms with Crippen LogP contribution in [0.2, 0.25) is 10.0 Å². The molecule has 1 unspecified atom stereocenters. The minimum atomic E-state index is 0.470. The van der Waals surface area contributed by atoms with Crippen LogP contribution in [0.3, 0.4) is 0 Å². The van der Waals surface area contributed by atoms with Crippen LogP contribution in [0.1, 0.15) is 23.6 Å². The van der Waals surface area contributed by atoms with Gasteiger partial charge in [0.2, 0.25) is 0 Å². The first-order chi connectivity index (χ1) is 9.20. The fourth-order valence-corrected chi connectivity index (χ4v) is 3.19. The number of fused-ring (bicyclic) bond motifs is 1. The van der Waals surface area contributed by atoms with E-state index in [1.807, 2.05) is 25.2 Å². The molecular weight excluding hydrogens is 277 g/mol. The molecular formula is C16H15Cl2N. The predicted octanol–water partition coefficient (Wildman–Crippen LogP) is 4.87. The van der Waals surface area contributed by atoms with Crippen LogP contribution in [0.4, 0.5) is 0 Å². The Hall–Kier alpha value is -1.02. The molecule has 0 fully saturated rings. The Bertz CT molecular complexity index is 622. The van der Waals surface area contributed by atoms with Crippen LogP contribution in [0.15, 0.2) is 36.4 Å². The summed E-state index contributed by atoms with van der Waals surface area (Å²) in [4.78, 5) is 0. The van der Waals surface area contributed by atoms with Crippen LogP contribution in [-0.4, -0.2) is 7.05 Å². The maximum Gasteiger partial charge on any atom is 0.0598 e. The summed E-state index contributed by atoms with van der Waals surface area (Å²) in [5.41, 5.74) is 5.25. The van der Waals surface area contributed by atoms with E-state index in [1.54, 1.807) is 0 Å². The zero-order valence-electron chi connectivity index (χ0n) is 10.7. The molecule has 2 aromatic carbocycles. The van der Waals surface area contributed by atoms with E-state index in [1.165, 1.54) is 16.7 Å². The Morgan fingerprint density at radius 1 is 1.11 bits per heavy atom. The molecule has 0 saturated carbocycles. The van der Waals surface area contributed by atoms with Crippen molar-refractivity contribution in [3.05, 3.63) is 57.6 Å². The number of halogens is 2. The van der Waals surface area contributed by atoms with E-state index < -0.39 is 0 Å². The molecule has 19 heavy (non-hydrogen) atoms. The van der Waals surface area contributed by atoms with Gasteiger partial charge in [-0.2, -0.15) is 0 Å². The van der Waals surface area contributed by atoms with E-state index >= 15 is 0 Å². The summed E-state index contributed by atoms with van der Waals surface area (Å²) < 4.78 is 0. The van der Waals surface area contributed by atoms with Gasteiger partial charge in [0.05, 0.1) is 10.0 Å². The Kier molecular flexibility index (Phi) is 3.53. The third-order valence-electron chi connectivity index (χ3n) is 3.85. The molecule has 0 heterocycles. The molecule has 1 N–H and O–H groups in total. The molecule has 0 radical (unpaired) electrons. The number of nitrogens with one attached hydrogen (secondary N) is 1. The zero-order chi connectivity index (χ0) is 13.4. The lowest BCUT2D eigenvalue weighted by molar-refractivity contribution is 0.590. The number of hydrogen-bond donors (Lipinski definition) is 1. The fourth-order valence-electron chi connectivity index (χ4n) is 2.89.